The van der Waals surface area contributed by atoms with Crippen molar-refractivity contribution in [2.45, 2.75) is 17.8 Å². The predicted molar refractivity (Wildman–Crippen MR) is 125 cm³/mol. The maximum atomic E-state index is 13.6. The highest BCUT2D eigenvalue weighted by Gasteiger charge is 2.19. The number of thioether (sulfide) groups is 1. The fourth-order valence-corrected chi connectivity index (χ4v) is 4.15. The second kappa shape index (κ2) is 9.84. The first-order valence-corrected chi connectivity index (χ1v) is 11.5. The second-order valence-corrected chi connectivity index (χ2v) is 8.03. The van der Waals surface area contributed by atoms with Gasteiger partial charge in [-0.1, -0.05) is 29.1 Å². The lowest BCUT2D eigenvalue weighted by Gasteiger charge is -2.09. The van der Waals surface area contributed by atoms with E-state index in [1.165, 1.54) is 23.9 Å². The summed E-state index contributed by atoms with van der Waals surface area (Å²) < 4.78 is 26.6. The SMILES string of the molecule is CCOc1ccccc1-c1noc(CSc2nnc(-c3ccncc3)n2-c2ccc(F)cc2)n1. The van der Waals surface area contributed by atoms with E-state index < -0.39 is 0 Å². The molecule has 170 valence electrons. The highest BCUT2D eigenvalue weighted by Crippen LogP contribution is 2.31. The van der Waals surface area contributed by atoms with Gasteiger partial charge in [0.15, 0.2) is 11.0 Å². The lowest BCUT2D eigenvalue weighted by molar-refractivity contribution is 0.341. The third-order valence-corrected chi connectivity index (χ3v) is 5.79. The Labute approximate surface area is 198 Å². The summed E-state index contributed by atoms with van der Waals surface area (Å²) in [6.45, 7) is 2.46. The molecule has 5 rings (SSSR count). The Hall–Kier alpha value is -4.05. The number of halogens is 1. The number of ether oxygens (including phenoxy) is 1. The third kappa shape index (κ3) is 4.53. The van der Waals surface area contributed by atoms with E-state index in [4.69, 9.17) is 9.26 Å². The number of hydrogen-bond donors (Lipinski definition) is 0. The lowest BCUT2D eigenvalue weighted by Crippen LogP contribution is -2.00. The first kappa shape index (κ1) is 21.8. The van der Waals surface area contributed by atoms with Gasteiger partial charge in [0.2, 0.25) is 11.7 Å². The average Bonchev–Trinajstić information content (AvgIpc) is 3.52. The fraction of sp³-hybridized carbons (Fsp3) is 0.125. The molecule has 5 aromatic rings. The molecule has 0 N–H and O–H groups in total. The zero-order valence-corrected chi connectivity index (χ0v) is 18.9. The molecule has 0 aliphatic rings. The number of nitrogens with zero attached hydrogens (tertiary/aromatic N) is 6. The molecule has 0 unspecified atom stereocenters. The van der Waals surface area contributed by atoms with Crippen molar-refractivity contribution in [1.82, 2.24) is 29.9 Å². The normalized spacial score (nSPS) is 11.0. The number of hydrogen-bond acceptors (Lipinski definition) is 8. The highest BCUT2D eigenvalue weighted by molar-refractivity contribution is 7.98. The summed E-state index contributed by atoms with van der Waals surface area (Å²) in [5, 5.41) is 13.4. The van der Waals surface area contributed by atoms with Gasteiger partial charge in [0.1, 0.15) is 11.6 Å². The molecule has 0 amide bonds. The summed E-state index contributed by atoms with van der Waals surface area (Å²) in [6, 6.07) is 17.4. The molecule has 0 saturated heterocycles. The average molecular weight is 475 g/mol. The summed E-state index contributed by atoms with van der Waals surface area (Å²) in [4.78, 5) is 8.59. The number of rotatable bonds is 8. The van der Waals surface area contributed by atoms with Crippen molar-refractivity contribution >= 4 is 11.8 Å². The molecular weight excluding hydrogens is 455 g/mol. The zero-order chi connectivity index (χ0) is 23.3. The van der Waals surface area contributed by atoms with E-state index in [0.717, 1.165) is 16.8 Å². The van der Waals surface area contributed by atoms with Crippen LogP contribution in [0.4, 0.5) is 4.39 Å². The van der Waals surface area contributed by atoms with Gasteiger partial charge in [-0.05, 0) is 55.5 Å². The Kier molecular flexibility index (Phi) is 6.30. The maximum absolute atomic E-state index is 13.6. The lowest BCUT2D eigenvalue weighted by atomic mass is 10.2. The molecule has 3 heterocycles. The summed E-state index contributed by atoms with van der Waals surface area (Å²) >= 11 is 1.39. The van der Waals surface area contributed by atoms with Crippen LogP contribution in [0.3, 0.4) is 0 Å². The topological polar surface area (TPSA) is 91.8 Å². The second-order valence-electron chi connectivity index (χ2n) is 7.08. The maximum Gasteiger partial charge on any atom is 0.237 e. The van der Waals surface area contributed by atoms with Crippen molar-refractivity contribution in [1.29, 1.82) is 0 Å². The van der Waals surface area contributed by atoms with Gasteiger partial charge in [-0.25, -0.2) is 4.39 Å². The van der Waals surface area contributed by atoms with Gasteiger partial charge < -0.3 is 9.26 Å². The molecule has 0 saturated carbocycles. The monoisotopic (exact) mass is 474 g/mol. The van der Waals surface area contributed by atoms with E-state index in [1.807, 2.05) is 47.9 Å². The smallest absolute Gasteiger partial charge is 0.237 e. The summed E-state index contributed by atoms with van der Waals surface area (Å²) in [5.74, 6) is 2.26. The van der Waals surface area contributed by atoms with Gasteiger partial charge in [0, 0.05) is 23.6 Å². The largest absolute Gasteiger partial charge is 0.493 e. The molecule has 10 heteroatoms. The van der Waals surface area contributed by atoms with Crippen LogP contribution in [-0.4, -0.2) is 36.5 Å². The minimum Gasteiger partial charge on any atom is -0.493 e. The Balaban J connectivity index is 1.43. The molecule has 2 aromatic carbocycles. The van der Waals surface area contributed by atoms with Gasteiger partial charge in [-0.3, -0.25) is 9.55 Å². The van der Waals surface area contributed by atoms with Gasteiger partial charge in [-0.15, -0.1) is 10.2 Å². The first-order valence-electron chi connectivity index (χ1n) is 10.5. The molecule has 0 radical (unpaired) electrons. The Morgan fingerprint density at radius 2 is 1.79 bits per heavy atom. The molecule has 0 atom stereocenters. The van der Waals surface area contributed by atoms with Crippen LogP contribution in [0.25, 0.3) is 28.5 Å². The van der Waals surface area contributed by atoms with Gasteiger partial charge >= 0.3 is 0 Å². The van der Waals surface area contributed by atoms with Crippen LogP contribution in [0.2, 0.25) is 0 Å². The van der Waals surface area contributed by atoms with Crippen molar-refractivity contribution in [2.24, 2.45) is 0 Å². The van der Waals surface area contributed by atoms with Crippen LogP contribution < -0.4 is 4.74 Å². The van der Waals surface area contributed by atoms with Gasteiger partial charge in [0.25, 0.3) is 0 Å². The molecule has 3 aromatic heterocycles. The molecular formula is C24H19FN6O2S. The van der Waals surface area contributed by atoms with Crippen molar-refractivity contribution in [3.8, 4) is 34.2 Å². The predicted octanol–water partition coefficient (Wildman–Crippen LogP) is 5.21. The van der Waals surface area contributed by atoms with Crippen molar-refractivity contribution in [3.63, 3.8) is 0 Å². The van der Waals surface area contributed by atoms with E-state index in [-0.39, 0.29) is 5.82 Å². The van der Waals surface area contributed by atoms with E-state index in [9.17, 15) is 4.39 Å². The molecule has 0 aliphatic carbocycles. The Morgan fingerprint density at radius 1 is 1.00 bits per heavy atom. The first-order chi connectivity index (χ1) is 16.7. The van der Waals surface area contributed by atoms with Gasteiger partial charge in [-0.2, -0.15) is 4.98 Å². The van der Waals surface area contributed by atoms with Gasteiger partial charge in [0.05, 0.1) is 17.9 Å². The van der Waals surface area contributed by atoms with E-state index >= 15 is 0 Å². The minimum absolute atomic E-state index is 0.317. The third-order valence-electron chi connectivity index (χ3n) is 4.88. The van der Waals surface area contributed by atoms with Crippen LogP contribution in [0.1, 0.15) is 12.8 Å². The highest BCUT2D eigenvalue weighted by atomic mass is 32.2. The summed E-state index contributed by atoms with van der Waals surface area (Å²) in [7, 11) is 0. The van der Waals surface area contributed by atoms with E-state index in [1.54, 1.807) is 24.5 Å². The molecule has 0 spiro atoms. The Bertz CT molecular complexity index is 1390. The fourth-order valence-electron chi connectivity index (χ4n) is 3.36. The van der Waals surface area contributed by atoms with E-state index in [0.29, 0.717) is 40.8 Å². The zero-order valence-electron chi connectivity index (χ0n) is 18.1. The number of benzene rings is 2. The summed E-state index contributed by atoms with van der Waals surface area (Å²) in [5.41, 5.74) is 2.34. The van der Waals surface area contributed by atoms with Crippen LogP contribution >= 0.6 is 11.8 Å². The quantitative estimate of drug-likeness (QED) is 0.283. The standard InChI is InChI=1S/C24H19FN6O2S/c1-2-32-20-6-4-3-5-19(20)22-27-21(33-30-22)15-34-24-29-28-23(16-11-13-26-14-12-16)31(24)18-9-7-17(25)8-10-18/h3-14H,2,15H2,1H3. The number of pyridine rings is 1. The van der Waals surface area contributed by atoms with Crippen molar-refractivity contribution in [3.05, 3.63) is 84.8 Å². The Morgan fingerprint density at radius 3 is 2.59 bits per heavy atom. The molecule has 8 nitrogen and oxygen atoms in total. The summed E-state index contributed by atoms with van der Waals surface area (Å²) in [6.07, 6.45) is 3.37. The number of aromatic nitrogens is 6. The van der Waals surface area contributed by atoms with Crippen molar-refractivity contribution in [2.75, 3.05) is 6.61 Å². The molecule has 0 fully saturated rings. The van der Waals surface area contributed by atoms with Crippen molar-refractivity contribution < 1.29 is 13.7 Å². The van der Waals surface area contributed by atoms with E-state index in [2.05, 4.69) is 25.3 Å². The van der Waals surface area contributed by atoms with Crippen LogP contribution in [0, 0.1) is 5.82 Å². The van der Waals surface area contributed by atoms with Crippen LogP contribution in [-0.2, 0) is 5.75 Å². The minimum atomic E-state index is -0.317. The molecule has 0 aliphatic heterocycles. The number of para-hydroxylation sites is 1. The van der Waals surface area contributed by atoms with Crippen LogP contribution in [0.15, 0.2) is 82.7 Å². The molecule has 0 bridgehead atoms. The molecule has 34 heavy (non-hydrogen) atoms. The van der Waals surface area contributed by atoms with Crippen LogP contribution in [0.5, 0.6) is 5.75 Å².